The van der Waals surface area contributed by atoms with E-state index in [1.165, 1.54) is 4.31 Å². The van der Waals surface area contributed by atoms with Crippen LogP contribution in [0.4, 0.5) is 8.78 Å². The van der Waals surface area contributed by atoms with Crippen LogP contribution in [0.2, 0.25) is 0 Å². The topological polar surface area (TPSA) is 69.7 Å². The first-order valence-corrected chi connectivity index (χ1v) is 11.2. The standard InChI is InChI=1S/C17H31F2N3O3S/c1-2-3-12-26(24,25)22-10-4-14(5-11-22)17(23)20-15-6-8-21(9-7-15)13-16(18)19/h14-16H,2-13H2,1H3,(H,20,23). The van der Waals surface area contributed by atoms with E-state index in [4.69, 9.17) is 0 Å². The van der Waals surface area contributed by atoms with Crippen LogP contribution in [-0.2, 0) is 14.8 Å². The molecule has 0 spiro atoms. The quantitative estimate of drug-likeness (QED) is 0.679. The van der Waals surface area contributed by atoms with Crippen LogP contribution in [0.5, 0.6) is 0 Å². The Morgan fingerprint density at radius 1 is 1.12 bits per heavy atom. The van der Waals surface area contributed by atoms with Gasteiger partial charge in [-0.15, -0.1) is 0 Å². The van der Waals surface area contributed by atoms with E-state index < -0.39 is 16.4 Å². The minimum absolute atomic E-state index is 0.0251. The number of hydrogen-bond donors (Lipinski definition) is 1. The maximum atomic E-state index is 12.4. The number of unbranched alkanes of at least 4 members (excludes halogenated alkanes) is 1. The van der Waals surface area contributed by atoms with Crippen molar-refractivity contribution < 1.29 is 22.0 Å². The number of sulfonamides is 1. The summed E-state index contributed by atoms with van der Waals surface area (Å²) in [6, 6.07) is 0.0303. The fourth-order valence-electron chi connectivity index (χ4n) is 3.63. The SMILES string of the molecule is CCCCS(=O)(=O)N1CCC(C(=O)NC2CCN(CC(F)F)CC2)CC1. The van der Waals surface area contributed by atoms with Crippen LogP contribution >= 0.6 is 0 Å². The van der Waals surface area contributed by atoms with Gasteiger partial charge in [0, 0.05) is 38.1 Å². The number of likely N-dealkylation sites (tertiary alicyclic amines) is 1. The number of piperidine rings is 2. The molecule has 0 aromatic rings. The summed E-state index contributed by atoms with van der Waals surface area (Å²) in [4.78, 5) is 14.2. The fourth-order valence-corrected chi connectivity index (χ4v) is 5.30. The number of carbonyl (C=O) groups is 1. The minimum atomic E-state index is -3.20. The Labute approximate surface area is 155 Å². The molecule has 2 aliphatic rings. The molecule has 9 heteroatoms. The molecule has 26 heavy (non-hydrogen) atoms. The molecule has 0 saturated carbocycles. The summed E-state index contributed by atoms with van der Waals surface area (Å²) in [5, 5.41) is 3.03. The second-order valence-corrected chi connectivity index (χ2v) is 9.41. The van der Waals surface area contributed by atoms with Crippen molar-refractivity contribution in [2.75, 3.05) is 38.5 Å². The minimum Gasteiger partial charge on any atom is -0.353 e. The van der Waals surface area contributed by atoms with Gasteiger partial charge in [-0.2, -0.15) is 0 Å². The zero-order valence-corrected chi connectivity index (χ0v) is 16.3. The first kappa shape index (κ1) is 21.5. The van der Waals surface area contributed by atoms with Gasteiger partial charge in [-0.05, 0) is 32.1 Å². The molecule has 2 aliphatic heterocycles. The van der Waals surface area contributed by atoms with Gasteiger partial charge in [0.05, 0.1) is 12.3 Å². The Bertz CT molecular complexity index is 543. The highest BCUT2D eigenvalue weighted by atomic mass is 32.2. The highest BCUT2D eigenvalue weighted by Gasteiger charge is 2.32. The Balaban J connectivity index is 1.72. The lowest BCUT2D eigenvalue weighted by Gasteiger charge is -2.34. The molecule has 0 aromatic heterocycles. The van der Waals surface area contributed by atoms with Crippen LogP contribution in [0.3, 0.4) is 0 Å². The maximum Gasteiger partial charge on any atom is 0.251 e. The largest absolute Gasteiger partial charge is 0.353 e. The molecule has 1 amide bonds. The predicted octanol–water partition coefficient (Wildman–Crippen LogP) is 1.67. The molecular formula is C17H31F2N3O3S. The van der Waals surface area contributed by atoms with Crippen LogP contribution in [-0.4, -0.2) is 74.5 Å². The van der Waals surface area contributed by atoms with Crippen LogP contribution in [0, 0.1) is 5.92 Å². The lowest BCUT2D eigenvalue weighted by Crippen LogP contribution is -2.49. The van der Waals surface area contributed by atoms with Gasteiger partial charge in [-0.1, -0.05) is 13.3 Å². The fraction of sp³-hybridized carbons (Fsp3) is 0.941. The third-order valence-electron chi connectivity index (χ3n) is 5.30. The molecule has 0 unspecified atom stereocenters. The van der Waals surface area contributed by atoms with Crippen molar-refractivity contribution in [1.82, 2.24) is 14.5 Å². The number of alkyl halides is 2. The highest BCUT2D eigenvalue weighted by molar-refractivity contribution is 7.89. The van der Waals surface area contributed by atoms with E-state index in [0.717, 1.165) is 6.42 Å². The maximum absolute atomic E-state index is 12.4. The number of rotatable bonds is 8. The second-order valence-electron chi connectivity index (χ2n) is 7.32. The molecule has 152 valence electrons. The number of hydrogen-bond acceptors (Lipinski definition) is 4. The molecular weight excluding hydrogens is 364 g/mol. The molecule has 0 radical (unpaired) electrons. The third kappa shape index (κ3) is 6.42. The lowest BCUT2D eigenvalue weighted by molar-refractivity contribution is -0.127. The molecule has 6 nitrogen and oxygen atoms in total. The summed E-state index contributed by atoms with van der Waals surface area (Å²) in [5.74, 6) is -0.00739. The Hall–Kier alpha value is -0.800. The van der Waals surface area contributed by atoms with Gasteiger partial charge < -0.3 is 5.32 Å². The number of nitrogens with zero attached hydrogens (tertiary/aromatic N) is 2. The summed E-state index contributed by atoms with van der Waals surface area (Å²) < 4.78 is 50.7. The monoisotopic (exact) mass is 395 g/mol. The first-order chi connectivity index (χ1) is 12.3. The van der Waals surface area contributed by atoms with E-state index in [1.54, 1.807) is 4.90 Å². The van der Waals surface area contributed by atoms with E-state index in [1.807, 2.05) is 6.92 Å². The van der Waals surface area contributed by atoms with E-state index in [0.29, 0.717) is 58.3 Å². The normalized spacial score (nSPS) is 22.0. The average molecular weight is 396 g/mol. The van der Waals surface area contributed by atoms with E-state index in [9.17, 15) is 22.0 Å². The number of carbonyl (C=O) groups excluding carboxylic acids is 1. The van der Waals surface area contributed by atoms with E-state index >= 15 is 0 Å². The molecule has 0 bridgehead atoms. The second kappa shape index (κ2) is 9.94. The number of nitrogens with one attached hydrogen (secondary N) is 1. The van der Waals surface area contributed by atoms with Crippen LogP contribution in [0.1, 0.15) is 45.4 Å². The van der Waals surface area contributed by atoms with Crippen molar-refractivity contribution in [3.8, 4) is 0 Å². The molecule has 2 heterocycles. The number of amides is 1. The van der Waals surface area contributed by atoms with Crippen LogP contribution in [0.15, 0.2) is 0 Å². The third-order valence-corrected chi connectivity index (χ3v) is 7.26. The summed E-state index contributed by atoms with van der Waals surface area (Å²) in [6.45, 7) is 3.70. The predicted molar refractivity (Wildman–Crippen MR) is 96.6 cm³/mol. The number of halogens is 2. The smallest absolute Gasteiger partial charge is 0.251 e. The molecule has 0 atom stereocenters. The molecule has 0 aliphatic carbocycles. The van der Waals surface area contributed by atoms with Crippen LogP contribution < -0.4 is 5.32 Å². The summed E-state index contributed by atoms with van der Waals surface area (Å²) in [7, 11) is -3.20. The Morgan fingerprint density at radius 2 is 1.73 bits per heavy atom. The van der Waals surface area contributed by atoms with E-state index in [2.05, 4.69) is 5.32 Å². The molecule has 2 fully saturated rings. The summed E-state index contributed by atoms with van der Waals surface area (Å²) in [6.07, 6.45) is 1.63. The van der Waals surface area contributed by atoms with Gasteiger partial charge in [-0.3, -0.25) is 9.69 Å². The van der Waals surface area contributed by atoms with Crippen molar-refractivity contribution in [3.63, 3.8) is 0 Å². The lowest BCUT2D eigenvalue weighted by atomic mass is 9.96. The van der Waals surface area contributed by atoms with Crippen LogP contribution in [0.25, 0.3) is 0 Å². The van der Waals surface area contributed by atoms with E-state index in [-0.39, 0.29) is 30.2 Å². The van der Waals surface area contributed by atoms with Gasteiger partial charge in [0.1, 0.15) is 0 Å². The first-order valence-electron chi connectivity index (χ1n) is 9.60. The van der Waals surface area contributed by atoms with Crippen molar-refractivity contribution in [1.29, 1.82) is 0 Å². The van der Waals surface area contributed by atoms with Gasteiger partial charge in [0.15, 0.2) is 0 Å². The van der Waals surface area contributed by atoms with Crippen molar-refractivity contribution >= 4 is 15.9 Å². The van der Waals surface area contributed by atoms with Crippen molar-refractivity contribution in [2.45, 2.75) is 57.9 Å². The molecule has 2 rings (SSSR count). The zero-order valence-electron chi connectivity index (χ0n) is 15.5. The van der Waals surface area contributed by atoms with Crippen molar-refractivity contribution in [2.24, 2.45) is 5.92 Å². The molecule has 0 aromatic carbocycles. The Kier molecular flexibility index (Phi) is 8.22. The van der Waals surface area contributed by atoms with Crippen molar-refractivity contribution in [3.05, 3.63) is 0 Å². The highest BCUT2D eigenvalue weighted by Crippen LogP contribution is 2.21. The Morgan fingerprint density at radius 3 is 2.27 bits per heavy atom. The van der Waals surface area contributed by atoms with Gasteiger partial charge >= 0.3 is 0 Å². The average Bonchev–Trinajstić information content (AvgIpc) is 2.61. The summed E-state index contributed by atoms with van der Waals surface area (Å²) >= 11 is 0. The zero-order chi connectivity index (χ0) is 19.2. The molecule has 2 saturated heterocycles. The van der Waals surface area contributed by atoms with Gasteiger partial charge in [-0.25, -0.2) is 21.5 Å². The van der Waals surface area contributed by atoms with Gasteiger partial charge in [0.25, 0.3) is 6.43 Å². The molecule has 1 N–H and O–H groups in total. The summed E-state index contributed by atoms with van der Waals surface area (Å²) in [5.41, 5.74) is 0. The van der Waals surface area contributed by atoms with Gasteiger partial charge in [0.2, 0.25) is 15.9 Å².